The van der Waals surface area contributed by atoms with Gasteiger partial charge >= 0.3 is 11.9 Å². The number of carboxylic acids is 1. The zero-order valence-corrected chi connectivity index (χ0v) is 32.6. The van der Waals surface area contributed by atoms with E-state index in [1.165, 1.54) is 173 Å². The maximum absolute atomic E-state index is 12.7. The molecule has 0 rings (SSSR count). The van der Waals surface area contributed by atoms with Crippen LogP contribution in [0.1, 0.15) is 251 Å². The number of hydrogen-bond donors (Lipinski definition) is 1. The standard InChI is InChI=1S/C44H84O4/c1-3-5-7-9-11-12-13-14-15-16-17-18-19-20-21-22-23-24-29-33-37-41-44(47)48-42(38-34-30-10-8-6-4-2)39-35-31-27-25-26-28-32-36-40-43(45)46/h14-15,42H,3-13,16-41H2,1-2H3,(H,45,46)/b15-14-. The Morgan fingerprint density at radius 2 is 0.750 bits per heavy atom. The molecule has 1 unspecified atom stereocenters. The highest BCUT2D eigenvalue weighted by atomic mass is 16.5. The van der Waals surface area contributed by atoms with Gasteiger partial charge in [0.05, 0.1) is 0 Å². The molecule has 1 atom stereocenters. The number of allylic oxidation sites excluding steroid dienone is 2. The van der Waals surface area contributed by atoms with Crippen molar-refractivity contribution in [2.45, 2.75) is 258 Å². The first-order valence-electron chi connectivity index (χ1n) is 21.7. The molecule has 0 aliphatic heterocycles. The Balaban J connectivity index is 3.79. The Labute approximate surface area is 300 Å². The molecule has 0 fully saturated rings. The zero-order chi connectivity index (χ0) is 35.0. The third kappa shape index (κ3) is 39.1. The van der Waals surface area contributed by atoms with Crippen molar-refractivity contribution in [1.82, 2.24) is 0 Å². The highest BCUT2D eigenvalue weighted by molar-refractivity contribution is 5.69. The molecule has 0 saturated heterocycles. The Morgan fingerprint density at radius 1 is 0.438 bits per heavy atom. The van der Waals surface area contributed by atoms with Gasteiger partial charge in [-0.2, -0.15) is 0 Å². The van der Waals surface area contributed by atoms with Crippen molar-refractivity contribution in [3.05, 3.63) is 12.2 Å². The van der Waals surface area contributed by atoms with Gasteiger partial charge in [0.2, 0.25) is 0 Å². The first-order valence-corrected chi connectivity index (χ1v) is 21.7. The van der Waals surface area contributed by atoms with Gasteiger partial charge in [0.1, 0.15) is 6.10 Å². The summed E-state index contributed by atoms with van der Waals surface area (Å²) in [7, 11) is 0. The van der Waals surface area contributed by atoms with Crippen LogP contribution >= 0.6 is 0 Å². The average Bonchev–Trinajstić information content (AvgIpc) is 3.07. The molecule has 1 N–H and O–H groups in total. The zero-order valence-electron chi connectivity index (χ0n) is 32.6. The molecular formula is C44H84O4. The number of carbonyl (C=O) groups is 2. The molecule has 0 aliphatic carbocycles. The van der Waals surface area contributed by atoms with Crippen molar-refractivity contribution in [2.75, 3.05) is 0 Å². The molecule has 0 amide bonds. The third-order valence-corrected chi connectivity index (χ3v) is 9.99. The molecule has 0 aliphatic rings. The van der Waals surface area contributed by atoms with Crippen molar-refractivity contribution in [2.24, 2.45) is 0 Å². The first-order chi connectivity index (χ1) is 23.6. The summed E-state index contributed by atoms with van der Waals surface area (Å²) in [4.78, 5) is 23.3. The molecule has 0 aromatic carbocycles. The van der Waals surface area contributed by atoms with E-state index in [1.54, 1.807) is 0 Å². The molecule has 0 radical (unpaired) electrons. The van der Waals surface area contributed by atoms with E-state index in [0.717, 1.165) is 51.4 Å². The van der Waals surface area contributed by atoms with Crippen LogP contribution in [-0.2, 0) is 14.3 Å². The number of esters is 1. The highest BCUT2D eigenvalue weighted by Gasteiger charge is 2.14. The number of rotatable bonds is 40. The quantitative estimate of drug-likeness (QED) is 0.0398. The molecule has 0 aromatic heterocycles. The van der Waals surface area contributed by atoms with E-state index in [-0.39, 0.29) is 12.1 Å². The summed E-state index contributed by atoms with van der Waals surface area (Å²) in [6, 6.07) is 0. The molecule has 48 heavy (non-hydrogen) atoms. The molecule has 0 aromatic rings. The molecule has 284 valence electrons. The maximum atomic E-state index is 12.7. The van der Waals surface area contributed by atoms with Crippen LogP contribution in [0.3, 0.4) is 0 Å². The molecule has 0 bridgehead atoms. The number of hydrogen-bond acceptors (Lipinski definition) is 3. The molecule has 4 nitrogen and oxygen atoms in total. The molecule has 0 saturated carbocycles. The van der Waals surface area contributed by atoms with Gasteiger partial charge < -0.3 is 9.84 Å². The fraction of sp³-hybridized carbons (Fsp3) is 0.909. The highest BCUT2D eigenvalue weighted by Crippen LogP contribution is 2.19. The van der Waals surface area contributed by atoms with Gasteiger partial charge in [-0.05, 0) is 64.2 Å². The number of aliphatic carboxylic acids is 1. The molecular weight excluding hydrogens is 592 g/mol. The number of ether oxygens (including phenoxy) is 1. The van der Waals surface area contributed by atoms with Crippen LogP contribution in [0.4, 0.5) is 0 Å². The van der Waals surface area contributed by atoms with Crippen molar-refractivity contribution in [3.63, 3.8) is 0 Å². The predicted octanol–water partition coefficient (Wildman–Crippen LogP) is 15.0. The monoisotopic (exact) mass is 677 g/mol. The Morgan fingerprint density at radius 3 is 1.12 bits per heavy atom. The van der Waals surface area contributed by atoms with Crippen LogP contribution in [0.2, 0.25) is 0 Å². The van der Waals surface area contributed by atoms with E-state index in [2.05, 4.69) is 26.0 Å². The average molecular weight is 677 g/mol. The second kappa shape index (κ2) is 40.1. The molecule has 0 heterocycles. The summed E-state index contributed by atoms with van der Waals surface area (Å²) in [6.45, 7) is 4.54. The van der Waals surface area contributed by atoms with Gasteiger partial charge in [-0.3, -0.25) is 9.59 Å². The predicted molar refractivity (Wildman–Crippen MR) is 209 cm³/mol. The Bertz CT molecular complexity index is 687. The summed E-state index contributed by atoms with van der Waals surface area (Å²) >= 11 is 0. The van der Waals surface area contributed by atoms with Crippen molar-refractivity contribution in [3.8, 4) is 0 Å². The minimum Gasteiger partial charge on any atom is -0.481 e. The van der Waals surface area contributed by atoms with Crippen LogP contribution < -0.4 is 0 Å². The van der Waals surface area contributed by atoms with Gasteiger partial charge in [0, 0.05) is 12.8 Å². The topological polar surface area (TPSA) is 63.6 Å². The van der Waals surface area contributed by atoms with Crippen molar-refractivity contribution in [1.29, 1.82) is 0 Å². The van der Waals surface area contributed by atoms with Crippen molar-refractivity contribution >= 4 is 11.9 Å². The first kappa shape index (κ1) is 46.7. The summed E-state index contributed by atoms with van der Waals surface area (Å²) in [6.07, 6.45) is 49.7. The van der Waals surface area contributed by atoms with E-state index in [1.807, 2.05) is 0 Å². The summed E-state index contributed by atoms with van der Waals surface area (Å²) < 4.78 is 6.02. The van der Waals surface area contributed by atoms with E-state index in [9.17, 15) is 9.59 Å². The van der Waals surface area contributed by atoms with Crippen LogP contribution in [-0.4, -0.2) is 23.1 Å². The van der Waals surface area contributed by atoms with Crippen LogP contribution in [0.15, 0.2) is 12.2 Å². The van der Waals surface area contributed by atoms with E-state index in [0.29, 0.717) is 12.8 Å². The number of carboxylic acid groups (broad SMARTS) is 1. The van der Waals surface area contributed by atoms with Gasteiger partial charge in [-0.15, -0.1) is 0 Å². The Kier molecular flexibility index (Phi) is 39.0. The lowest BCUT2D eigenvalue weighted by Gasteiger charge is -2.18. The van der Waals surface area contributed by atoms with Gasteiger partial charge in [0.15, 0.2) is 0 Å². The fourth-order valence-electron chi connectivity index (χ4n) is 6.77. The van der Waals surface area contributed by atoms with Gasteiger partial charge in [0.25, 0.3) is 0 Å². The summed E-state index contributed by atoms with van der Waals surface area (Å²) in [5.41, 5.74) is 0. The van der Waals surface area contributed by atoms with Gasteiger partial charge in [-0.1, -0.05) is 187 Å². The SMILES string of the molecule is CCCCCCCC/C=C\CCCCCCCCCCCCCC(=O)OC(CCCCCCCC)CCCCCCCCCCC(=O)O. The minimum absolute atomic E-state index is 0.0284. The maximum Gasteiger partial charge on any atom is 0.306 e. The summed E-state index contributed by atoms with van der Waals surface area (Å²) in [5.74, 6) is -0.651. The lowest BCUT2D eigenvalue weighted by molar-refractivity contribution is -0.150. The third-order valence-electron chi connectivity index (χ3n) is 9.99. The van der Waals surface area contributed by atoms with Crippen LogP contribution in [0, 0.1) is 0 Å². The number of unbranched alkanes of at least 4 members (excludes halogenated alkanes) is 29. The minimum atomic E-state index is -0.680. The number of carbonyl (C=O) groups excluding carboxylic acids is 1. The fourth-order valence-corrected chi connectivity index (χ4v) is 6.77. The van der Waals surface area contributed by atoms with Gasteiger partial charge in [-0.25, -0.2) is 0 Å². The largest absolute Gasteiger partial charge is 0.481 e. The molecule has 0 spiro atoms. The lowest BCUT2D eigenvalue weighted by Crippen LogP contribution is -2.18. The smallest absolute Gasteiger partial charge is 0.306 e. The van der Waals surface area contributed by atoms with Crippen LogP contribution in [0.5, 0.6) is 0 Å². The van der Waals surface area contributed by atoms with Crippen LogP contribution in [0.25, 0.3) is 0 Å². The summed E-state index contributed by atoms with van der Waals surface area (Å²) in [5, 5.41) is 8.74. The molecule has 4 heteroatoms. The Hall–Kier alpha value is -1.32. The van der Waals surface area contributed by atoms with E-state index >= 15 is 0 Å². The normalized spacial score (nSPS) is 12.2. The van der Waals surface area contributed by atoms with Crippen molar-refractivity contribution < 1.29 is 19.4 Å². The van der Waals surface area contributed by atoms with E-state index < -0.39 is 5.97 Å². The lowest BCUT2D eigenvalue weighted by atomic mass is 10.0. The second-order valence-electron chi connectivity index (χ2n) is 14.9. The second-order valence-corrected chi connectivity index (χ2v) is 14.9. The van der Waals surface area contributed by atoms with E-state index in [4.69, 9.17) is 9.84 Å².